The first kappa shape index (κ1) is 12.4. The number of aliphatic hydroxyl groups is 1. The van der Waals surface area contributed by atoms with Crippen LogP contribution in [-0.2, 0) is 6.54 Å². The van der Waals surface area contributed by atoms with Crippen molar-refractivity contribution in [3.8, 4) is 11.4 Å². The molecule has 19 heavy (non-hydrogen) atoms. The van der Waals surface area contributed by atoms with E-state index in [1.807, 2.05) is 41.1 Å². The Morgan fingerprint density at radius 1 is 1.32 bits per heavy atom. The van der Waals surface area contributed by atoms with E-state index in [1.165, 1.54) is 0 Å². The van der Waals surface area contributed by atoms with Gasteiger partial charge in [-0.15, -0.1) is 0 Å². The molecule has 0 radical (unpaired) electrons. The average Bonchev–Trinajstić information content (AvgIpc) is 3.21. The zero-order valence-corrected chi connectivity index (χ0v) is 10.9. The number of hydrogen-bond acceptors (Lipinski definition) is 3. The number of hydrogen-bond donors (Lipinski definition) is 2. The second kappa shape index (κ2) is 4.79. The van der Waals surface area contributed by atoms with E-state index in [4.69, 9.17) is 5.73 Å². The Morgan fingerprint density at radius 3 is 2.68 bits per heavy atom. The smallest absolute Gasteiger partial charge is 0.139 e. The van der Waals surface area contributed by atoms with Gasteiger partial charge in [0, 0.05) is 24.5 Å². The molecule has 1 aliphatic carbocycles. The first-order chi connectivity index (χ1) is 9.23. The van der Waals surface area contributed by atoms with Crippen LogP contribution in [0.15, 0.2) is 42.7 Å². The van der Waals surface area contributed by atoms with Crippen LogP contribution in [0.2, 0.25) is 0 Å². The van der Waals surface area contributed by atoms with Gasteiger partial charge in [0.2, 0.25) is 0 Å². The average molecular weight is 257 g/mol. The van der Waals surface area contributed by atoms with Gasteiger partial charge in [-0.3, -0.25) is 0 Å². The molecule has 2 aromatic rings. The van der Waals surface area contributed by atoms with Gasteiger partial charge in [0.05, 0.1) is 12.1 Å². The van der Waals surface area contributed by atoms with E-state index in [9.17, 15) is 5.11 Å². The van der Waals surface area contributed by atoms with E-state index in [1.54, 1.807) is 6.20 Å². The summed E-state index contributed by atoms with van der Waals surface area (Å²) in [7, 11) is 0. The van der Waals surface area contributed by atoms with Gasteiger partial charge in [-0.1, -0.05) is 30.3 Å². The number of imidazole rings is 1. The molecule has 0 saturated heterocycles. The Morgan fingerprint density at radius 2 is 2.05 bits per heavy atom. The van der Waals surface area contributed by atoms with Crippen molar-refractivity contribution >= 4 is 0 Å². The van der Waals surface area contributed by atoms with Gasteiger partial charge in [-0.2, -0.15) is 0 Å². The molecule has 1 aliphatic rings. The maximum absolute atomic E-state index is 10.6. The number of nitrogens with zero attached hydrogens (tertiary/aromatic N) is 2. The van der Waals surface area contributed by atoms with Crippen LogP contribution in [0.1, 0.15) is 12.8 Å². The summed E-state index contributed by atoms with van der Waals surface area (Å²) >= 11 is 0. The molecule has 1 heterocycles. The largest absolute Gasteiger partial charge is 0.386 e. The second-order valence-electron chi connectivity index (χ2n) is 5.33. The first-order valence-corrected chi connectivity index (χ1v) is 6.72. The minimum Gasteiger partial charge on any atom is -0.386 e. The molecule has 1 unspecified atom stereocenters. The van der Waals surface area contributed by atoms with Crippen LogP contribution in [0.4, 0.5) is 0 Å². The molecule has 3 N–H and O–H groups in total. The molecule has 100 valence electrons. The Hall–Kier alpha value is -1.65. The van der Waals surface area contributed by atoms with Gasteiger partial charge < -0.3 is 15.4 Å². The second-order valence-corrected chi connectivity index (χ2v) is 5.33. The molecular weight excluding hydrogens is 238 g/mol. The minimum atomic E-state index is -0.801. The summed E-state index contributed by atoms with van der Waals surface area (Å²) in [4.78, 5) is 4.40. The maximum atomic E-state index is 10.6. The van der Waals surface area contributed by atoms with Crippen LogP contribution >= 0.6 is 0 Å². The van der Waals surface area contributed by atoms with Crippen LogP contribution in [0.5, 0.6) is 0 Å². The van der Waals surface area contributed by atoms with Crippen molar-refractivity contribution < 1.29 is 5.11 Å². The van der Waals surface area contributed by atoms with E-state index in [0.29, 0.717) is 19.0 Å². The van der Waals surface area contributed by atoms with Gasteiger partial charge in [-0.05, 0) is 18.8 Å². The quantitative estimate of drug-likeness (QED) is 0.856. The van der Waals surface area contributed by atoms with Crippen molar-refractivity contribution in [3.63, 3.8) is 0 Å². The third-order valence-corrected chi connectivity index (χ3v) is 3.88. The zero-order chi connectivity index (χ0) is 13.3. The first-order valence-electron chi connectivity index (χ1n) is 6.72. The fraction of sp³-hybridized carbons (Fsp3) is 0.400. The number of benzene rings is 1. The van der Waals surface area contributed by atoms with Crippen molar-refractivity contribution in [1.29, 1.82) is 0 Å². The molecule has 1 atom stereocenters. The van der Waals surface area contributed by atoms with Crippen LogP contribution in [0.25, 0.3) is 11.4 Å². The van der Waals surface area contributed by atoms with Crippen LogP contribution in [-0.4, -0.2) is 26.8 Å². The SMILES string of the molecule is NCC(O)(Cn1ccnc1-c1ccccc1)C1CC1. The number of nitrogens with two attached hydrogens (primary N) is 1. The van der Waals surface area contributed by atoms with Crippen LogP contribution in [0.3, 0.4) is 0 Å². The molecular formula is C15H19N3O. The molecule has 0 aliphatic heterocycles. The van der Waals surface area contributed by atoms with Crippen molar-refractivity contribution in [2.24, 2.45) is 11.7 Å². The Labute approximate surface area is 112 Å². The highest BCUT2D eigenvalue weighted by Crippen LogP contribution is 2.40. The highest BCUT2D eigenvalue weighted by Gasteiger charge is 2.43. The maximum Gasteiger partial charge on any atom is 0.139 e. The molecule has 0 spiro atoms. The van der Waals surface area contributed by atoms with Crippen LogP contribution < -0.4 is 5.73 Å². The van der Waals surface area contributed by atoms with Crippen molar-refractivity contribution in [2.75, 3.05) is 6.54 Å². The summed E-state index contributed by atoms with van der Waals surface area (Å²) in [6, 6.07) is 10.0. The number of aromatic nitrogens is 2. The van der Waals surface area contributed by atoms with Crippen molar-refractivity contribution in [3.05, 3.63) is 42.7 Å². The van der Waals surface area contributed by atoms with E-state index >= 15 is 0 Å². The zero-order valence-electron chi connectivity index (χ0n) is 10.9. The molecule has 0 bridgehead atoms. The van der Waals surface area contributed by atoms with Gasteiger partial charge in [-0.25, -0.2) is 4.98 Å². The topological polar surface area (TPSA) is 64.1 Å². The predicted molar refractivity (Wildman–Crippen MR) is 74.4 cm³/mol. The van der Waals surface area contributed by atoms with E-state index < -0.39 is 5.60 Å². The molecule has 4 nitrogen and oxygen atoms in total. The van der Waals surface area contributed by atoms with E-state index in [0.717, 1.165) is 24.2 Å². The Kier molecular flexibility index (Phi) is 3.12. The van der Waals surface area contributed by atoms with Crippen molar-refractivity contribution in [2.45, 2.75) is 25.0 Å². The molecule has 4 heteroatoms. The van der Waals surface area contributed by atoms with Gasteiger partial charge >= 0.3 is 0 Å². The van der Waals surface area contributed by atoms with Crippen molar-refractivity contribution in [1.82, 2.24) is 9.55 Å². The summed E-state index contributed by atoms with van der Waals surface area (Å²) in [5.74, 6) is 1.22. The molecule has 1 aromatic carbocycles. The lowest BCUT2D eigenvalue weighted by molar-refractivity contribution is 0.00979. The highest BCUT2D eigenvalue weighted by atomic mass is 16.3. The standard InChI is InChI=1S/C15H19N3O/c16-10-15(19,13-6-7-13)11-18-9-8-17-14(18)12-4-2-1-3-5-12/h1-5,8-9,13,19H,6-7,10-11,16H2. The molecule has 0 amide bonds. The number of rotatable bonds is 5. The molecule has 3 rings (SSSR count). The lowest BCUT2D eigenvalue weighted by atomic mass is 9.98. The summed E-state index contributed by atoms with van der Waals surface area (Å²) in [6.07, 6.45) is 5.82. The molecule has 1 saturated carbocycles. The fourth-order valence-electron chi connectivity index (χ4n) is 2.56. The summed E-state index contributed by atoms with van der Waals surface area (Å²) in [6.45, 7) is 0.808. The summed E-state index contributed by atoms with van der Waals surface area (Å²) < 4.78 is 2.00. The lowest BCUT2D eigenvalue weighted by Gasteiger charge is -2.27. The van der Waals surface area contributed by atoms with E-state index in [-0.39, 0.29) is 0 Å². The Bertz CT molecular complexity index is 548. The van der Waals surface area contributed by atoms with E-state index in [2.05, 4.69) is 4.98 Å². The third kappa shape index (κ3) is 2.41. The van der Waals surface area contributed by atoms with Crippen LogP contribution in [0, 0.1) is 5.92 Å². The monoisotopic (exact) mass is 257 g/mol. The van der Waals surface area contributed by atoms with Gasteiger partial charge in [0.15, 0.2) is 0 Å². The predicted octanol–water partition coefficient (Wildman–Crippen LogP) is 1.65. The summed E-state index contributed by atoms with van der Waals surface area (Å²) in [5.41, 5.74) is 6.03. The minimum absolute atomic E-state index is 0.296. The van der Waals surface area contributed by atoms with Gasteiger partial charge in [0.25, 0.3) is 0 Å². The highest BCUT2D eigenvalue weighted by molar-refractivity contribution is 5.55. The Balaban J connectivity index is 1.88. The summed E-state index contributed by atoms with van der Waals surface area (Å²) in [5, 5.41) is 10.6. The molecule has 1 fully saturated rings. The third-order valence-electron chi connectivity index (χ3n) is 3.88. The molecule has 1 aromatic heterocycles. The lowest BCUT2D eigenvalue weighted by Crippen LogP contribution is -2.44. The normalized spacial score (nSPS) is 18.2. The fourth-order valence-corrected chi connectivity index (χ4v) is 2.56. The van der Waals surface area contributed by atoms with Gasteiger partial charge in [0.1, 0.15) is 5.82 Å².